The van der Waals surface area contributed by atoms with Crippen LogP contribution in [0, 0.1) is 0 Å². The van der Waals surface area contributed by atoms with E-state index in [0.717, 1.165) is 6.42 Å². The Bertz CT molecular complexity index is 215. The summed E-state index contributed by atoms with van der Waals surface area (Å²) in [6.07, 6.45) is 15.7. The SMILES string of the molecule is CCCCCCCCCCCCOC=CC(=O)Cl. The van der Waals surface area contributed by atoms with Crippen LogP contribution in [0.5, 0.6) is 0 Å². The number of carbonyl (C=O) groups excluding carboxylic acids is 1. The van der Waals surface area contributed by atoms with E-state index in [9.17, 15) is 4.79 Å². The van der Waals surface area contributed by atoms with Gasteiger partial charge in [-0.3, -0.25) is 4.79 Å². The van der Waals surface area contributed by atoms with E-state index < -0.39 is 5.24 Å². The van der Waals surface area contributed by atoms with Gasteiger partial charge in [0.2, 0.25) is 5.24 Å². The summed E-state index contributed by atoms with van der Waals surface area (Å²) in [5.41, 5.74) is 0. The van der Waals surface area contributed by atoms with Crippen molar-refractivity contribution in [2.24, 2.45) is 0 Å². The fourth-order valence-electron chi connectivity index (χ4n) is 1.84. The molecule has 0 saturated heterocycles. The number of ether oxygens (including phenoxy) is 1. The highest BCUT2D eigenvalue weighted by Crippen LogP contribution is 2.10. The summed E-state index contributed by atoms with van der Waals surface area (Å²) in [6, 6.07) is 0. The zero-order chi connectivity index (χ0) is 13.5. The van der Waals surface area contributed by atoms with Gasteiger partial charge >= 0.3 is 0 Å². The zero-order valence-corrected chi connectivity index (χ0v) is 12.4. The third kappa shape index (κ3) is 15.5. The lowest BCUT2D eigenvalue weighted by atomic mass is 10.1. The lowest BCUT2D eigenvalue weighted by Crippen LogP contribution is -1.89. The minimum Gasteiger partial charge on any atom is -0.501 e. The number of unbranched alkanes of at least 4 members (excludes halogenated alkanes) is 9. The van der Waals surface area contributed by atoms with Crippen molar-refractivity contribution in [3.05, 3.63) is 12.3 Å². The molecule has 0 aliphatic rings. The van der Waals surface area contributed by atoms with Crippen molar-refractivity contribution in [3.63, 3.8) is 0 Å². The van der Waals surface area contributed by atoms with Gasteiger partial charge in [-0.1, -0.05) is 64.7 Å². The first-order valence-corrected chi connectivity index (χ1v) is 7.62. The molecule has 0 saturated carbocycles. The Kier molecular flexibility index (Phi) is 14.2. The van der Waals surface area contributed by atoms with Crippen LogP contribution in [0.2, 0.25) is 0 Å². The van der Waals surface area contributed by atoms with Crippen LogP contribution < -0.4 is 0 Å². The maximum atomic E-state index is 10.3. The first-order valence-electron chi connectivity index (χ1n) is 7.25. The van der Waals surface area contributed by atoms with Gasteiger partial charge in [0.15, 0.2) is 0 Å². The van der Waals surface area contributed by atoms with Crippen LogP contribution in [0.1, 0.15) is 71.1 Å². The standard InChI is InChI=1S/C15H27ClO2/c1-2-3-4-5-6-7-8-9-10-11-13-18-14-12-15(16)17/h12,14H,2-11,13H2,1H3. The maximum absolute atomic E-state index is 10.3. The van der Waals surface area contributed by atoms with E-state index in [2.05, 4.69) is 6.92 Å². The number of hydrogen-bond donors (Lipinski definition) is 0. The minimum absolute atomic E-state index is 0.488. The van der Waals surface area contributed by atoms with Crippen LogP contribution in [-0.4, -0.2) is 11.8 Å². The van der Waals surface area contributed by atoms with Crippen molar-refractivity contribution in [3.8, 4) is 0 Å². The van der Waals surface area contributed by atoms with E-state index in [1.807, 2.05) is 0 Å². The van der Waals surface area contributed by atoms with Gasteiger partial charge in [-0.25, -0.2) is 0 Å². The minimum atomic E-state index is -0.488. The Balaban J connectivity index is 3.01. The van der Waals surface area contributed by atoms with E-state index in [4.69, 9.17) is 16.3 Å². The molecule has 0 bridgehead atoms. The molecular formula is C15H27ClO2. The van der Waals surface area contributed by atoms with Gasteiger partial charge in [-0.2, -0.15) is 0 Å². The molecule has 2 nitrogen and oxygen atoms in total. The van der Waals surface area contributed by atoms with E-state index >= 15 is 0 Å². The summed E-state index contributed by atoms with van der Waals surface area (Å²) in [4.78, 5) is 10.3. The van der Waals surface area contributed by atoms with Crippen molar-refractivity contribution in [1.82, 2.24) is 0 Å². The highest BCUT2D eigenvalue weighted by molar-refractivity contribution is 6.66. The molecule has 3 heteroatoms. The zero-order valence-electron chi connectivity index (χ0n) is 11.6. The van der Waals surface area contributed by atoms with Crippen LogP contribution >= 0.6 is 11.6 Å². The quantitative estimate of drug-likeness (QED) is 0.200. The molecule has 0 N–H and O–H groups in total. The first kappa shape index (κ1) is 17.5. The van der Waals surface area contributed by atoms with E-state index in [-0.39, 0.29) is 0 Å². The Hall–Kier alpha value is -0.500. The van der Waals surface area contributed by atoms with Gasteiger partial charge in [0, 0.05) is 6.08 Å². The summed E-state index contributed by atoms with van der Waals surface area (Å²) in [5.74, 6) is 0. The molecular weight excluding hydrogens is 248 g/mol. The maximum Gasteiger partial charge on any atom is 0.248 e. The first-order chi connectivity index (χ1) is 8.77. The lowest BCUT2D eigenvalue weighted by Gasteiger charge is -2.02. The van der Waals surface area contributed by atoms with Gasteiger partial charge in [-0.15, -0.1) is 0 Å². The molecule has 0 rings (SSSR count). The second kappa shape index (κ2) is 14.6. The van der Waals surface area contributed by atoms with Crippen LogP contribution in [0.3, 0.4) is 0 Å². The number of carbonyl (C=O) groups is 1. The number of rotatable bonds is 13. The summed E-state index contributed by atoms with van der Waals surface area (Å²) >= 11 is 5.11. The molecule has 0 aliphatic carbocycles. The summed E-state index contributed by atoms with van der Waals surface area (Å²) in [7, 11) is 0. The van der Waals surface area contributed by atoms with Crippen molar-refractivity contribution < 1.29 is 9.53 Å². The van der Waals surface area contributed by atoms with Gasteiger partial charge in [0.05, 0.1) is 12.9 Å². The molecule has 0 atom stereocenters. The molecule has 0 aromatic rings. The van der Waals surface area contributed by atoms with E-state index in [1.54, 1.807) is 0 Å². The predicted octanol–water partition coefficient (Wildman–Crippen LogP) is 5.20. The second-order valence-corrected chi connectivity index (χ2v) is 5.03. The molecule has 0 heterocycles. The van der Waals surface area contributed by atoms with Gasteiger partial charge in [-0.05, 0) is 18.0 Å². The van der Waals surface area contributed by atoms with Crippen LogP contribution in [0.15, 0.2) is 12.3 Å². The van der Waals surface area contributed by atoms with Crippen molar-refractivity contribution in [1.29, 1.82) is 0 Å². The lowest BCUT2D eigenvalue weighted by molar-refractivity contribution is -0.107. The van der Waals surface area contributed by atoms with Gasteiger partial charge in [0.1, 0.15) is 0 Å². The van der Waals surface area contributed by atoms with Gasteiger partial charge in [0.25, 0.3) is 0 Å². The molecule has 0 aliphatic heterocycles. The average Bonchev–Trinajstić information content (AvgIpc) is 2.34. The molecule has 0 aromatic heterocycles. The number of hydrogen-bond acceptors (Lipinski definition) is 2. The number of allylic oxidation sites excluding steroid dienone is 1. The Morgan fingerprint density at radius 2 is 1.44 bits per heavy atom. The largest absolute Gasteiger partial charge is 0.501 e. The fourth-order valence-corrected chi connectivity index (χ4v) is 1.89. The fraction of sp³-hybridized carbons (Fsp3) is 0.800. The molecule has 0 spiro atoms. The van der Waals surface area contributed by atoms with Crippen LogP contribution in [0.4, 0.5) is 0 Å². The normalized spacial score (nSPS) is 11.0. The third-order valence-electron chi connectivity index (χ3n) is 2.91. The molecule has 0 unspecified atom stereocenters. The van der Waals surface area contributed by atoms with Crippen molar-refractivity contribution in [2.75, 3.05) is 6.61 Å². The third-order valence-corrected chi connectivity index (χ3v) is 3.04. The smallest absolute Gasteiger partial charge is 0.248 e. The highest BCUT2D eigenvalue weighted by Gasteiger charge is 1.92. The topological polar surface area (TPSA) is 26.3 Å². The predicted molar refractivity (Wildman–Crippen MR) is 77.8 cm³/mol. The van der Waals surface area contributed by atoms with E-state index in [1.165, 1.54) is 70.1 Å². The molecule has 0 radical (unpaired) electrons. The van der Waals surface area contributed by atoms with Crippen LogP contribution in [0.25, 0.3) is 0 Å². The Morgan fingerprint density at radius 1 is 0.944 bits per heavy atom. The Labute approximate surface area is 117 Å². The molecule has 18 heavy (non-hydrogen) atoms. The molecule has 0 fully saturated rings. The highest BCUT2D eigenvalue weighted by atomic mass is 35.5. The second-order valence-electron chi connectivity index (χ2n) is 4.66. The Morgan fingerprint density at radius 3 is 1.94 bits per heavy atom. The van der Waals surface area contributed by atoms with Crippen molar-refractivity contribution in [2.45, 2.75) is 71.1 Å². The van der Waals surface area contributed by atoms with E-state index in [0.29, 0.717) is 6.61 Å². The van der Waals surface area contributed by atoms with Crippen LogP contribution in [-0.2, 0) is 9.53 Å². The molecule has 0 aromatic carbocycles. The summed E-state index contributed by atoms with van der Waals surface area (Å²) in [5, 5.41) is -0.488. The summed E-state index contributed by atoms with van der Waals surface area (Å²) < 4.78 is 5.13. The monoisotopic (exact) mass is 274 g/mol. The molecule has 106 valence electrons. The number of halogens is 1. The average molecular weight is 275 g/mol. The molecule has 0 amide bonds. The summed E-state index contributed by atoms with van der Waals surface area (Å²) in [6.45, 7) is 2.93. The van der Waals surface area contributed by atoms with Crippen molar-refractivity contribution >= 4 is 16.8 Å². The van der Waals surface area contributed by atoms with Gasteiger partial charge < -0.3 is 4.74 Å².